The highest BCUT2D eigenvalue weighted by molar-refractivity contribution is 5.53. The van der Waals surface area contributed by atoms with Crippen molar-refractivity contribution in [3.8, 4) is 6.01 Å². The van der Waals surface area contributed by atoms with E-state index in [1.807, 2.05) is 6.92 Å². The molecular formula is C12H14FN5O. The minimum absolute atomic E-state index is 0.0608. The van der Waals surface area contributed by atoms with Crippen LogP contribution in [0, 0.1) is 5.82 Å². The molecule has 0 saturated heterocycles. The largest absolute Gasteiger partial charge is 0.463 e. The third-order valence-corrected chi connectivity index (χ3v) is 2.17. The van der Waals surface area contributed by atoms with Crippen LogP contribution >= 0.6 is 0 Å². The van der Waals surface area contributed by atoms with Crippen molar-refractivity contribution in [1.29, 1.82) is 0 Å². The highest BCUT2D eigenvalue weighted by atomic mass is 19.1. The zero-order valence-corrected chi connectivity index (χ0v) is 10.4. The van der Waals surface area contributed by atoms with Crippen LogP contribution in [0.2, 0.25) is 0 Å². The summed E-state index contributed by atoms with van der Waals surface area (Å²) in [5, 5.41) is 2.90. The van der Waals surface area contributed by atoms with Crippen molar-refractivity contribution in [3.63, 3.8) is 0 Å². The van der Waals surface area contributed by atoms with Crippen molar-refractivity contribution in [1.82, 2.24) is 15.0 Å². The Morgan fingerprint density at radius 3 is 2.63 bits per heavy atom. The summed E-state index contributed by atoms with van der Waals surface area (Å²) in [6.45, 7) is 2.47. The van der Waals surface area contributed by atoms with Gasteiger partial charge in [-0.15, -0.1) is 0 Å². The Balaban J connectivity index is 2.15. The summed E-state index contributed by atoms with van der Waals surface area (Å²) in [6.07, 6.45) is 0.840. The second kappa shape index (κ2) is 5.94. The number of nitrogens with two attached hydrogens (primary N) is 1. The zero-order chi connectivity index (χ0) is 13.7. The van der Waals surface area contributed by atoms with E-state index < -0.39 is 0 Å². The van der Waals surface area contributed by atoms with Gasteiger partial charge in [-0.05, 0) is 30.7 Å². The average molecular weight is 263 g/mol. The Kier molecular flexibility index (Phi) is 4.07. The van der Waals surface area contributed by atoms with Crippen LogP contribution in [-0.4, -0.2) is 21.6 Å². The van der Waals surface area contributed by atoms with Crippen LogP contribution in [0.4, 0.5) is 22.0 Å². The van der Waals surface area contributed by atoms with E-state index >= 15 is 0 Å². The van der Waals surface area contributed by atoms with Crippen molar-refractivity contribution in [2.24, 2.45) is 0 Å². The van der Waals surface area contributed by atoms with E-state index in [4.69, 9.17) is 10.5 Å². The maximum Gasteiger partial charge on any atom is 0.323 e. The second-order valence-corrected chi connectivity index (χ2v) is 3.78. The van der Waals surface area contributed by atoms with Gasteiger partial charge >= 0.3 is 6.01 Å². The number of hydrogen-bond acceptors (Lipinski definition) is 6. The van der Waals surface area contributed by atoms with Crippen LogP contribution in [0.15, 0.2) is 24.3 Å². The van der Waals surface area contributed by atoms with Gasteiger partial charge in [0.25, 0.3) is 0 Å². The monoisotopic (exact) mass is 263 g/mol. The molecule has 0 radical (unpaired) electrons. The third-order valence-electron chi connectivity index (χ3n) is 2.17. The van der Waals surface area contributed by atoms with Gasteiger partial charge in [0.15, 0.2) is 0 Å². The molecule has 0 fully saturated rings. The fraction of sp³-hybridized carbons (Fsp3) is 0.250. The summed E-state index contributed by atoms with van der Waals surface area (Å²) in [5.74, 6) is 0.00334. The van der Waals surface area contributed by atoms with Crippen molar-refractivity contribution in [3.05, 3.63) is 30.1 Å². The van der Waals surface area contributed by atoms with Gasteiger partial charge in [-0.25, -0.2) is 4.39 Å². The molecule has 2 rings (SSSR count). The fourth-order valence-corrected chi connectivity index (χ4v) is 1.35. The van der Waals surface area contributed by atoms with Crippen LogP contribution in [0.3, 0.4) is 0 Å². The molecule has 0 aliphatic carbocycles. The number of anilines is 3. The van der Waals surface area contributed by atoms with E-state index in [0.717, 1.165) is 6.42 Å². The predicted molar refractivity (Wildman–Crippen MR) is 69.7 cm³/mol. The molecular weight excluding hydrogens is 249 g/mol. The molecule has 1 aromatic carbocycles. The van der Waals surface area contributed by atoms with E-state index in [1.54, 1.807) is 12.1 Å². The quantitative estimate of drug-likeness (QED) is 0.859. The smallest absolute Gasteiger partial charge is 0.323 e. The minimum atomic E-state index is -0.312. The van der Waals surface area contributed by atoms with E-state index in [2.05, 4.69) is 20.3 Å². The standard InChI is InChI=1S/C12H14FN5O/c1-2-7-19-12-17-10(14)16-11(18-12)15-9-5-3-8(13)4-6-9/h3-6H,2,7H2,1H3,(H3,14,15,16,17,18). The Bertz CT molecular complexity index is 546. The lowest BCUT2D eigenvalue weighted by atomic mass is 10.3. The van der Waals surface area contributed by atoms with Crippen LogP contribution in [0.25, 0.3) is 0 Å². The number of ether oxygens (including phenoxy) is 1. The van der Waals surface area contributed by atoms with E-state index in [0.29, 0.717) is 12.3 Å². The first-order valence-electron chi connectivity index (χ1n) is 5.84. The van der Waals surface area contributed by atoms with Gasteiger partial charge in [0.2, 0.25) is 11.9 Å². The molecule has 0 saturated carbocycles. The number of nitrogens with zero attached hydrogens (tertiary/aromatic N) is 3. The molecule has 0 spiro atoms. The molecule has 1 aromatic heterocycles. The molecule has 0 aliphatic heterocycles. The van der Waals surface area contributed by atoms with E-state index in [9.17, 15) is 4.39 Å². The van der Waals surface area contributed by atoms with Crippen LogP contribution < -0.4 is 15.8 Å². The van der Waals surface area contributed by atoms with Crippen molar-refractivity contribution in [2.45, 2.75) is 13.3 Å². The molecule has 100 valence electrons. The lowest BCUT2D eigenvalue weighted by molar-refractivity contribution is 0.292. The number of nitrogens with one attached hydrogen (secondary N) is 1. The molecule has 2 aromatic rings. The summed E-state index contributed by atoms with van der Waals surface area (Å²) in [7, 11) is 0. The fourth-order valence-electron chi connectivity index (χ4n) is 1.35. The molecule has 6 nitrogen and oxygen atoms in total. The van der Waals surface area contributed by atoms with Gasteiger partial charge in [-0.2, -0.15) is 15.0 Å². The predicted octanol–water partition coefficient (Wildman–Crippen LogP) is 2.13. The van der Waals surface area contributed by atoms with Crippen LogP contribution in [-0.2, 0) is 0 Å². The lowest BCUT2D eigenvalue weighted by Gasteiger charge is -2.07. The van der Waals surface area contributed by atoms with Crippen molar-refractivity contribution >= 4 is 17.6 Å². The summed E-state index contributed by atoms with van der Waals surface area (Å²) < 4.78 is 18.1. The lowest BCUT2D eigenvalue weighted by Crippen LogP contribution is -2.07. The molecule has 0 amide bonds. The molecule has 1 heterocycles. The number of rotatable bonds is 5. The van der Waals surface area contributed by atoms with E-state index in [1.165, 1.54) is 12.1 Å². The molecule has 19 heavy (non-hydrogen) atoms. The normalized spacial score (nSPS) is 10.2. The number of nitrogen functional groups attached to an aromatic ring is 1. The van der Waals surface area contributed by atoms with Gasteiger partial charge in [0.1, 0.15) is 5.82 Å². The molecule has 0 unspecified atom stereocenters. The number of hydrogen-bond donors (Lipinski definition) is 2. The maximum absolute atomic E-state index is 12.8. The third kappa shape index (κ3) is 3.77. The summed E-state index contributed by atoms with van der Waals surface area (Å²) >= 11 is 0. The zero-order valence-electron chi connectivity index (χ0n) is 10.4. The molecule has 3 N–H and O–H groups in total. The van der Waals surface area contributed by atoms with Crippen molar-refractivity contribution in [2.75, 3.05) is 17.7 Å². The number of benzene rings is 1. The minimum Gasteiger partial charge on any atom is -0.463 e. The first-order chi connectivity index (χ1) is 9.17. The first-order valence-corrected chi connectivity index (χ1v) is 5.84. The highest BCUT2D eigenvalue weighted by Gasteiger charge is 2.05. The van der Waals surface area contributed by atoms with Gasteiger partial charge in [0, 0.05) is 5.69 Å². The van der Waals surface area contributed by atoms with Crippen LogP contribution in [0.1, 0.15) is 13.3 Å². The Morgan fingerprint density at radius 2 is 1.95 bits per heavy atom. The molecule has 0 bridgehead atoms. The van der Waals surface area contributed by atoms with E-state index in [-0.39, 0.29) is 23.7 Å². The summed E-state index contributed by atoms with van der Waals surface area (Å²) in [4.78, 5) is 11.9. The van der Waals surface area contributed by atoms with Gasteiger partial charge in [-0.3, -0.25) is 0 Å². The number of aromatic nitrogens is 3. The first kappa shape index (κ1) is 13.0. The average Bonchev–Trinajstić information content (AvgIpc) is 2.38. The second-order valence-electron chi connectivity index (χ2n) is 3.78. The van der Waals surface area contributed by atoms with Gasteiger partial charge in [0.05, 0.1) is 6.61 Å². The summed E-state index contributed by atoms with van der Waals surface area (Å²) in [5.41, 5.74) is 6.21. The maximum atomic E-state index is 12.8. The van der Waals surface area contributed by atoms with Crippen LogP contribution in [0.5, 0.6) is 6.01 Å². The Hall–Kier alpha value is -2.44. The summed E-state index contributed by atoms with van der Waals surface area (Å²) in [6, 6.07) is 5.98. The Morgan fingerprint density at radius 1 is 1.21 bits per heavy atom. The molecule has 0 atom stereocenters. The topological polar surface area (TPSA) is 86.0 Å². The van der Waals surface area contributed by atoms with Crippen molar-refractivity contribution < 1.29 is 9.13 Å². The highest BCUT2D eigenvalue weighted by Crippen LogP contribution is 2.16. The molecule has 7 heteroatoms. The Labute approximate surface area is 109 Å². The molecule has 0 aliphatic rings. The van der Waals surface area contributed by atoms with Gasteiger partial charge in [-0.1, -0.05) is 6.92 Å². The number of halogens is 1. The SMILES string of the molecule is CCCOc1nc(N)nc(Nc2ccc(F)cc2)n1. The van der Waals surface area contributed by atoms with Gasteiger partial charge < -0.3 is 15.8 Å².